The number of aryl methyl sites for hydroxylation is 1. The van der Waals surface area contributed by atoms with Gasteiger partial charge in [0.1, 0.15) is 18.1 Å². The third-order valence-electron chi connectivity index (χ3n) is 8.03. The number of hydrogen-bond donors (Lipinski definition) is 3. The number of esters is 1. The molecular weight excluding hydrogens is 460 g/mol. The average Bonchev–Trinajstić information content (AvgIpc) is 3.20. The molecule has 7 nitrogen and oxygen atoms in total. The second-order valence-corrected chi connectivity index (χ2v) is 16.1. The van der Waals surface area contributed by atoms with Crippen LogP contribution in [0.25, 0.3) is 6.08 Å². The highest BCUT2D eigenvalue weighted by Gasteiger charge is 2.51. The predicted octanol–water partition coefficient (Wildman–Crippen LogP) is 3.22. The number of allylic oxidation sites excluding steroid dienone is 2. The highest BCUT2D eigenvalue weighted by atomic mass is 28.3. The Morgan fingerprint density at radius 3 is 2.77 bits per heavy atom. The zero-order valence-electron chi connectivity index (χ0n) is 20.7. The Labute approximate surface area is 207 Å². The second kappa shape index (κ2) is 8.76. The number of benzene rings is 1. The minimum atomic E-state index is -1.75. The van der Waals surface area contributed by atoms with Crippen molar-refractivity contribution in [2.45, 2.75) is 69.9 Å². The number of hydrogen-bond acceptors (Lipinski definition) is 7. The van der Waals surface area contributed by atoms with Crippen LogP contribution in [0, 0.1) is 0 Å². The highest BCUT2D eigenvalue weighted by molar-refractivity contribution is 6.77. The van der Waals surface area contributed by atoms with E-state index < -0.39 is 19.6 Å². The average molecular weight is 495 g/mol. The molecule has 8 heteroatoms. The molecule has 0 bridgehead atoms. The van der Waals surface area contributed by atoms with Gasteiger partial charge in [-0.15, -0.1) is 0 Å². The van der Waals surface area contributed by atoms with E-state index in [1.807, 2.05) is 4.90 Å². The fourth-order valence-electron chi connectivity index (χ4n) is 5.76. The van der Waals surface area contributed by atoms with Crippen molar-refractivity contribution < 1.29 is 24.5 Å². The molecule has 1 aromatic rings. The van der Waals surface area contributed by atoms with Gasteiger partial charge in [0.2, 0.25) is 5.78 Å². The van der Waals surface area contributed by atoms with Crippen molar-refractivity contribution in [1.82, 2.24) is 10.2 Å². The Morgan fingerprint density at radius 1 is 1.23 bits per heavy atom. The number of aliphatic hydroxyl groups is 2. The number of fused-ring (bicyclic) bond motifs is 3. The van der Waals surface area contributed by atoms with E-state index in [-0.39, 0.29) is 25.4 Å². The fraction of sp³-hybridized carbons (Fsp3) is 0.481. The van der Waals surface area contributed by atoms with Crippen LogP contribution in [0.5, 0.6) is 0 Å². The second-order valence-electron chi connectivity index (χ2n) is 10.8. The lowest BCUT2D eigenvalue weighted by Crippen LogP contribution is -2.48. The van der Waals surface area contributed by atoms with E-state index in [0.29, 0.717) is 29.8 Å². The quantitative estimate of drug-likeness (QED) is 0.395. The van der Waals surface area contributed by atoms with Gasteiger partial charge in [0.15, 0.2) is 5.60 Å². The van der Waals surface area contributed by atoms with Crippen molar-refractivity contribution in [3.05, 3.63) is 63.3 Å². The number of cyclic esters (lactones) is 1. The first kappa shape index (κ1) is 24.0. The van der Waals surface area contributed by atoms with Crippen molar-refractivity contribution in [2.75, 3.05) is 13.2 Å². The van der Waals surface area contributed by atoms with Crippen LogP contribution in [0.15, 0.2) is 46.6 Å². The summed E-state index contributed by atoms with van der Waals surface area (Å²) in [4.78, 5) is 28.0. The van der Waals surface area contributed by atoms with E-state index in [1.165, 1.54) is 11.1 Å². The number of ketones is 1. The number of aliphatic hydroxyl groups excluding tert-OH is 1. The van der Waals surface area contributed by atoms with Gasteiger partial charge in [0, 0.05) is 32.4 Å². The van der Waals surface area contributed by atoms with Crippen LogP contribution < -0.4 is 5.32 Å². The molecule has 5 rings (SSSR count). The molecule has 0 amide bonds. The topological polar surface area (TPSA) is 99.1 Å². The van der Waals surface area contributed by atoms with Crippen molar-refractivity contribution in [3.8, 4) is 0 Å². The van der Waals surface area contributed by atoms with Gasteiger partial charge in [0.05, 0.1) is 6.54 Å². The molecule has 1 aliphatic carbocycles. The van der Waals surface area contributed by atoms with Gasteiger partial charge in [0.25, 0.3) is 0 Å². The number of rotatable bonds is 7. The molecule has 0 unspecified atom stereocenters. The maximum Gasteiger partial charge on any atom is 0.342 e. The molecule has 186 valence electrons. The summed E-state index contributed by atoms with van der Waals surface area (Å²) in [6, 6.07) is 8.68. The number of nitrogens with one attached hydrogen (secondary N) is 1. The summed E-state index contributed by atoms with van der Waals surface area (Å²) in [5.74, 6) is 0.0147. The van der Waals surface area contributed by atoms with Crippen LogP contribution in [0.1, 0.15) is 42.9 Å². The summed E-state index contributed by atoms with van der Waals surface area (Å²) in [6.45, 7) is 7.27. The maximum atomic E-state index is 13.6. The number of carbonyl (C=O) groups excluding carboxylic acids is 2. The number of carbonyl (C=O) groups is 2. The molecule has 3 aliphatic heterocycles. The minimum Gasteiger partial charge on any atom is -0.458 e. The van der Waals surface area contributed by atoms with E-state index in [4.69, 9.17) is 4.74 Å². The minimum absolute atomic E-state index is 0.0889. The van der Waals surface area contributed by atoms with Crippen molar-refractivity contribution >= 4 is 25.9 Å². The Bertz CT molecular complexity index is 1200. The smallest absolute Gasteiger partial charge is 0.342 e. The first-order valence-corrected chi connectivity index (χ1v) is 16.0. The number of Topliss-reactive ketones (excluding diaryl/α,β-unsaturated/α-hetero) is 1. The normalized spacial score (nSPS) is 23.3. The predicted molar refractivity (Wildman–Crippen MR) is 135 cm³/mol. The zero-order valence-corrected chi connectivity index (χ0v) is 21.7. The standard InChI is InChI=1S/C27H34N2O5Si/c1-4-27(33)21-14-22-24(25(31)20(21)16-34-26(27)32)29-15-19-17(9-12-35(2,3)11-6-10-30)7-5-8-18(19)13-23(29)28-22/h5,7-8,13,28,30,33H,4,6,9-12,14-16H2,1-3H3/t27-/m0/s1. The molecule has 1 atom stereocenters. The molecular formula is C27H34N2O5Si. The SMILES string of the molecule is CC[C@@]1(O)C(=O)OCC2=C1CC1=C(C2=O)N2Cc3c(cccc3CC[Si](C)(C)CCCO)C=C2N1. The number of nitrogens with zero attached hydrogens (tertiary/aromatic N) is 1. The summed E-state index contributed by atoms with van der Waals surface area (Å²) >= 11 is 0. The van der Waals surface area contributed by atoms with Crippen molar-refractivity contribution in [1.29, 1.82) is 0 Å². The molecule has 35 heavy (non-hydrogen) atoms. The van der Waals surface area contributed by atoms with Crippen molar-refractivity contribution in [2.24, 2.45) is 0 Å². The summed E-state index contributed by atoms with van der Waals surface area (Å²) in [5, 5.41) is 23.7. The maximum absolute atomic E-state index is 13.6. The molecule has 3 heterocycles. The number of ether oxygens (including phenoxy) is 1. The zero-order chi connectivity index (χ0) is 25.0. The van der Waals surface area contributed by atoms with Crippen molar-refractivity contribution in [3.63, 3.8) is 0 Å². The van der Waals surface area contributed by atoms with Crippen LogP contribution in [0.3, 0.4) is 0 Å². The van der Waals surface area contributed by atoms with E-state index in [0.717, 1.165) is 42.0 Å². The molecule has 0 aromatic heterocycles. The molecule has 0 saturated carbocycles. The van der Waals surface area contributed by atoms with E-state index >= 15 is 0 Å². The summed E-state index contributed by atoms with van der Waals surface area (Å²) in [7, 11) is -1.40. The third-order valence-corrected chi connectivity index (χ3v) is 11.3. The molecule has 1 aromatic carbocycles. The molecule has 0 spiro atoms. The van der Waals surface area contributed by atoms with Crippen LogP contribution in [-0.2, 0) is 27.3 Å². The van der Waals surface area contributed by atoms with Crippen LogP contribution in [0.4, 0.5) is 0 Å². The van der Waals surface area contributed by atoms with Gasteiger partial charge < -0.3 is 25.2 Å². The molecule has 3 N–H and O–H groups in total. The summed E-state index contributed by atoms with van der Waals surface area (Å²) in [5.41, 5.74) is 4.19. The van der Waals surface area contributed by atoms with Gasteiger partial charge in [-0.2, -0.15) is 0 Å². The Balaban J connectivity index is 1.42. The van der Waals surface area contributed by atoms with Gasteiger partial charge in [-0.05, 0) is 47.6 Å². The summed E-state index contributed by atoms with van der Waals surface area (Å²) < 4.78 is 5.22. The van der Waals surface area contributed by atoms with Crippen LogP contribution >= 0.6 is 0 Å². The van der Waals surface area contributed by atoms with Crippen LogP contribution in [-0.4, -0.2) is 53.8 Å². The first-order chi connectivity index (χ1) is 16.7. The molecule has 4 aliphatic rings. The van der Waals surface area contributed by atoms with E-state index in [9.17, 15) is 19.8 Å². The Kier molecular flexibility index (Phi) is 6.02. The lowest BCUT2D eigenvalue weighted by Gasteiger charge is -2.36. The van der Waals surface area contributed by atoms with E-state index in [2.05, 4.69) is 42.7 Å². The monoisotopic (exact) mass is 494 g/mol. The third kappa shape index (κ3) is 3.97. The molecule has 0 fully saturated rings. The fourth-order valence-corrected chi connectivity index (χ4v) is 8.07. The Hall–Kier alpha value is -2.68. The van der Waals surface area contributed by atoms with Gasteiger partial charge in [-0.1, -0.05) is 50.3 Å². The Morgan fingerprint density at radius 2 is 2.03 bits per heavy atom. The van der Waals surface area contributed by atoms with Crippen LogP contribution in [0.2, 0.25) is 25.2 Å². The first-order valence-electron chi connectivity index (χ1n) is 12.6. The van der Waals surface area contributed by atoms with E-state index in [1.54, 1.807) is 6.92 Å². The largest absolute Gasteiger partial charge is 0.458 e. The lowest BCUT2D eigenvalue weighted by atomic mass is 9.78. The lowest BCUT2D eigenvalue weighted by molar-refractivity contribution is -0.163. The van der Waals surface area contributed by atoms with Gasteiger partial charge in [-0.25, -0.2) is 4.79 Å². The molecule has 0 saturated heterocycles. The van der Waals surface area contributed by atoms with Gasteiger partial charge >= 0.3 is 5.97 Å². The molecule has 0 radical (unpaired) electrons. The van der Waals surface area contributed by atoms with Gasteiger partial charge in [-0.3, -0.25) is 4.79 Å². The highest BCUT2D eigenvalue weighted by Crippen LogP contribution is 2.44. The summed E-state index contributed by atoms with van der Waals surface area (Å²) in [6.07, 6.45) is 4.45.